The molecular formula is C17H33IN4O. The van der Waals surface area contributed by atoms with Crippen molar-refractivity contribution in [1.82, 2.24) is 15.1 Å². The number of nitrogens with zero attached hydrogens (tertiary/aromatic N) is 3. The number of hydrogen-bond donors (Lipinski definition) is 1. The molecule has 1 spiro atoms. The first kappa shape index (κ1) is 19.2. The first-order valence-corrected chi connectivity index (χ1v) is 8.97. The summed E-state index contributed by atoms with van der Waals surface area (Å²) in [7, 11) is 4.07. The predicted octanol–water partition coefficient (Wildman–Crippen LogP) is 2.17. The van der Waals surface area contributed by atoms with Gasteiger partial charge in [-0.3, -0.25) is 4.99 Å². The normalized spacial score (nSPS) is 28.7. The third-order valence-corrected chi connectivity index (χ3v) is 5.69. The predicted molar refractivity (Wildman–Crippen MR) is 106 cm³/mol. The molecule has 3 aliphatic rings. The fourth-order valence-electron chi connectivity index (χ4n) is 4.35. The van der Waals surface area contributed by atoms with E-state index in [2.05, 4.69) is 27.2 Å². The average molecular weight is 436 g/mol. The highest BCUT2D eigenvalue weighted by atomic mass is 127. The molecular weight excluding hydrogens is 403 g/mol. The maximum atomic E-state index is 5.84. The Hall–Kier alpha value is -0.0800. The Kier molecular flexibility index (Phi) is 7.41. The molecule has 1 atom stereocenters. The van der Waals surface area contributed by atoms with E-state index in [-0.39, 0.29) is 30.1 Å². The van der Waals surface area contributed by atoms with Crippen LogP contribution in [0.25, 0.3) is 0 Å². The average Bonchev–Trinajstić information content (AvgIpc) is 2.92. The number of ether oxygens (including phenoxy) is 1. The lowest BCUT2D eigenvalue weighted by Crippen LogP contribution is -2.49. The van der Waals surface area contributed by atoms with Gasteiger partial charge in [-0.05, 0) is 31.7 Å². The lowest BCUT2D eigenvalue weighted by Gasteiger charge is -2.34. The number of nitrogens with one attached hydrogen (secondary N) is 1. The molecule has 2 heterocycles. The fraction of sp³-hybridized carbons (Fsp3) is 0.941. The fourth-order valence-corrected chi connectivity index (χ4v) is 4.35. The molecule has 2 saturated heterocycles. The topological polar surface area (TPSA) is 40.1 Å². The molecule has 0 aromatic rings. The Morgan fingerprint density at radius 3 is 2.70 bits per heavy atom. The second-order valence-corrected chi connectivity index (χ2v) is 7.42. The van der Waals surface area contributed by atoms with Gasteiger partial charge in [0.25, 0.3) is 0 Å². The van der Waals surface area contributed by atoms with E-state index in [9.17, 15) is 0 Å². The molecule has 0 bridgehead atoms. The maximum Gasteiger partial charge on any atom is 0.193 e. The molecule has 1 N–H and O–H groups in total. The summed E-state index contributed by atoms with van der Waals surface area (Å²) in [6.07, 6.45) is 8.72. The highest BCUT2D eigenvalue weighted by molar-refractivity contribution is 14.0. The van der Waals surface area contributed by atoms with Crippen LogP contribution in [0.5, 0.6) is 0 Å². The molecule has 6 heteroatoms. The van der Waals surface area contributed by atoms with E-state index < -0.39 is 0 Å². The van der Waals surface area contributed by atoms with Gasteiger partial charge in [0.2, 0.25) is 0 Å². The van der Waals surface area contributed by atoms with Gasteiger partial charge in [0.05, 0.1) is 12.7 Å². The maximum absolute atomic E-state index is 5.84. The molecule has 0 radical (unpaired) electrons. The van der Waals surface area contributed by atoms with Crippen molar-refractivity contribution in [3.8, 4) is 0 Å². The van der Waals surface area contributed by atoms with Crippen LogP contribution in [0.4, 0.5) is 0 Å². The first-order chi connectivity index (χ1) is 10.7. The van der Waals surface area contributed by atoms with Gasteiger partial charge >= 0.3 is 0 Å². The summed E-state index contributed by atoms with van der Waals surface area (Å²) in [5, 5.41) is 3.55. The standard InChI is InChI=1S/C17H32N4O.HI/c1-18-16(19-12-15-13-20(2)10-11-22-15)21-9-8-17(14-21)6-4-3-5-7-17;/h15H,3-14H2,1-2H3,(H,18,19);1H. The minimum absolute atomic E-state index is 0. The summed E-state index contributed by atoms with van der Waals surface area (Å²) in [6, 6.07) is 0. The van der Waals surface area contributed by atoms with Gasteiger partial charge in [-0.1, -0.05) is 19.3 Å². The Bertz CT molecular complexity index is 398. The molecule has 3 fully saturated rings. The number of likely N-dealkylation sites (N-methyl/N-ethyl adjacent to an activating group) is 1. The SMILES string of the molecule is CN=C(NCC1CN(C)CCO1)N1CCC2(CCCCC2)C1.I. The Morgan fingerprint density at radius 1 is 1.22 bits per heavy atom. The van der Waals surface area contributed by atoms with Gasteiger partial charge in [-0.25, -0.2) is 0 Å². The molecule has 1 unspecified atom stereocenters. The molecule has 2 aliphatic heterocycles. The van der Waals surface area contributed by atoms with Gasteiger partial charge in [-0.2, -0.15) is 0 Å². The second kappa shape index (κ2) is 8.85. The summed E-state index contributed by atoms with van der Waals surface area (Å²) in [4.78, 5) is 9.32. The summed E-state index contributed by atoms with van der Waals surface area (Å²) in [5.41, 5.74) is 0.581. The number of rotatable bonds is 2. The van der Waals surface area contributed by atoms with Crippen molar-refractivity contribution in [2.75, 3.05) is 53.4 Å². The minimum atomic E-state index is 0. The van der Waals surface area contributed by atoms with Crippen molar-refractivity contribution in [1.29, 1.82) is 0 Å². The molecule has 0 aromatic heterocycles. The van der Waals surface area contributed by atoms with Gasteiger partial charge < -0.3 is 19.9 Å². The van der Waals surface area contributed by atoms with Gasteiger partial charge in [0, 0.05) is 39.8 Å². The number of halogens is 1. The van der Waals surface area contributed by atoms with Crippen LogP contribution in [0.1, 0.15) is 38.5 Å². The van der Waals surface area contributed by atoms with Crippen LogP contribution >= 0.6 is 24.0 Å². The van der Waals surface area contributed by atoms with Crippen LogP contribution < -0.4 is 5.32 Å². The van der Waals surface area contributed by atoms with E-state index in [0.29, 0.717) is 5.41 Å². The van der Waals surface area contributed by atoms with Crippen LogP contribution in [0.15, 0.2) is 4.99 Å². The van der Waals surface area contributed by atoms with Crippen LogP contribution in [-0.2, 0) is 4.74 Å². The minimum Gasteiger partial charge on any atom is -0.374 e. The van der Waals surface area contributed by atoms with E-state index in [1.165, 1.54) is 45.1 Å². The van der Waals surface area contributed by atoms with E-state index in [1.54, 1.807) is 0 Å². The van der Waals surface area contributed by atoms with Gasteiger partial charge in [0.1, 0.15) is 0 Å². The number of guanidine groups is 1. The van der Waals surface area contributed by atoms with E-state index in [0.717, 1.165) is 38.7 Å². The molecule has 3 rings (SSSR count). The van der Waals surface area contributed by atoms with Crippen molar-refractivity contribution in [3.63, 3.8) is 0 Å². The summed E-state index contributed by atoms with van der Waals surface area (Å²) in [6.45, 7) is 6.10. The molecule has 1 saturated carbocycles. The van der Waals surface area contributed by atoms with Crippen LogP contribution in [0.2, 0.25) is 0 Å². The zero-order valence-electron chi connectivity index (χ0n) is 14.7. The van der Waals surface area contributed by atoms with Crippen molar-refractivity contribution in [2.24, 2.45) is 10.4 Å². The smallest absolute Gasteiger partial charge is 0.193 e. The van der Waals surface area contributed by atoms with Crippen molar-refractivity contribution < 1.29 is 4.74 Å². The Labute approximate surface area is 158 Å². The molecule has 0 aromatic carbocycles. The third kappa shape index (κ3) is 4.95. The zero-order valence-corrected chi connectivity index (χ0v) is 17.1. The number of aliphatic imine (C=N–C) groups is 1. The van der Waals surface area contributed by atoms with Gasteiger partial charge in [0.15, 0.2) is 5.96 Å². The monoisotopic (exact) mass is 436 g/mol. The Balaban J connectivity index is 0.00000192. The summed E-state index contributed by atoms with van der Waals surface area (Å²) < 4.78 is 5.84. The van der Waals surface area contributed by atoms with E-state index in [1.807, 2.05) is 7.05 Å². The molecule has 1 aliphatic carbocycles. The summed E-state index contributed by atoms with van der Waals surface area (Å²) in [5.74, 6) is 1.07. The van der Waals surface area contributed by atoms with Gasteiger partial charge in [-0.15, -0.1) is 24.0 Å². The van der Waals surface area contributed by atoms with Crippen LogP contribution in [0, 0.1) is 5.41 Å². The quantitative estimate of drug-likeness (QED) is 0.409. The molecule has 23 heavy (non-hydrogen) atoms. The number of likely N-dealkylation sites (tertiary alicyclic amines) is 1. The summed E-state index contributed by atoms with van der Waals surface area (Å²) >= 11 is 0. The van der Waals surface area contributed by atoms with Crippen molar-refractivity contribution >= 4 is 29.9 Å². The highest BCUT2D eigenvalue weighted by Crippen LogP contribution is 2.43. The lowest BCUT2D eigenvalue weighted by atomic mass is 9.73. The molecule has 0 amide bonds. The number of morpholine rings is 1. The van der Waals surface area contributed by atoms with E-state index >= 15 is 0 Å². The van der Waals surface area contributed by atoms with Crippen molar-refractivity contribution in [2.45, 2.75) is 44.6 Å². The molecule has 134 valence electrons. The Morgan fingerprint density at radius 2 is 2.00 bits per heavy atom. The number of hydrogen-bond acceptors (Lipinski definition) is 3. The highest BCUT2D eigenvalue weighted by Gasteiger charge is 2.39. The van der Waals surface area contributed by atoms with Crippen LogP contribution in [-0.4, -0.2) is 75.3 Å². The molecule has 5 nitrogen and oxygen atoms in total. The largest absolute Gasteiger partial charge is 0.374 e. The van der Waals surface area contributed by atoms with E-state index in [4.69, 9.17) is 4.74 Å². The lowest BCUT2D eigenvalue weighted by molar-refractivity contribution is -0.0163. The first-order valence-electron chi connectivity index (χ1n) is 8.97. The second-order valence-electron chi connectivity index (χ2n) is 7.42. The van der Waals surface area contributed by atoms with Crippen LogP contribution in [0.3, 0.4) is 0 Å². The zero-order chi connectivity index (χ0) is 15.4. The van der Waals surface area contributed by atoms with Crippen molar-refractivity contribution in [3.05, 3.63) is 0 Å². The third-order valence-electron chi connectivity index (χ3n) is 5.69.